The number of carbonyl (C=O) groups excluding carboxylic acids is 1. The molecule has 4 aromatic rings. The van der Waals surface area contributed by atoms with E-state index in [1.807, 2.05) is 42.5 Å². The van der Waals surface area contributed by atoms with Crippen molar-refractivity contribution in [2.24, 2.45) is 0 Å². The second kappa shape index (κ2) is 11.2. The molecule has 0 saturated heterocycles. The number of amides is 1. The first-order valence-electron chi connectivity index (χ1n) is 10.8. The van der Waals surface area contributed by atoms with Crippen molar-refractivity contribution in [3.63, 3.8) is 0 Å². The zero-order valence-electron chi connectivity index (χ0n) is 18.7. The Labute approximate surface area is 208 Å². The van der Waals surface area contributed by atoms with Gasteiger partial charge < -0.3 is 5.32 Å². The molecule has 0 bridgehead atoms. The number of nitrogens with zero attached hydrogens (tertiary/aromatic N) is 1. The van der Waals surface area contributed by atoms with E-state index in [4.69, 9.17) is 0 Å². The van der Waals surface area contributed by atoms with Gasteiger partial charge in [0.25, 0.3) is 10.0 Å². The van der Waals surface area contributed by atoms with Crippen LogP contribution in [0.2, 0.25) is 0 Å². The highest BCUT2D eigenvalue weighted by molar-refractivity contribution is 7.98. The van der Waals surface area contributed by atoms with Crippen LogP contribution in [-0.2, 0) is 20.6 Å². The minimum absolute atomic E-state index is 0.0312. The average Bonchev–Trinajstić information content (AvgIpc) is 2.88. The lowest BCUT2D eigenvalue weighted by molar-refractivity contribution is -0.114. The molecule has 0 aliphatic heterocycles. The van der Waals surface area contributed by atoms with Gasteiger partial charge in [-0.25, -0.2) is 12.8 Å². The van der Waals surface area contributed by atoms with Crippen LogP contribution in [0.3, 0.4) is 0 Å². The van der Waals surface area contributed by atoms with Crippen molar-refractivity contribution in [3.05, 3.63) is 121 Å². The number of rotatable bonds is 9. The predicted molar refractivity (Wildman–Crippen MR) is 138 cm³/mol. The van der Waals surface area contributed by atoms with Gasteiger partial charge in [-0.3, -0.25) is 9.10 Å². The molecule has 0 saturated carbocycles. The first kappa shape index (κ1) is 24.5. The molecule has 35 heavy (non-hydrogen) atoms. The summed E-state index contributed by atoms with van der Waals surface area (Å²) in [4.78, 5) is 14.0. The molecule has 0 heterocycles. The second-order valence-electron chi connectivity index (χ2n) is 7.62. The van der Waals surface area contributed by atoms with Crippen LogP contribution in [0.4, 0.5) is 15.8 Å². The summed E-state index contributed by atoms with van der Waals surface area (Å²) in [5.74, 6) is -0.548. The molecular weight excluding hydrogens is 483 g/mol. The van der Waals surface area contributed by atoms with Crippen LogP contribution in [0.25, 0.3) is 0 Å². The maximum absolute atomic E-state index is 14.6. The van der Waals surface area contributed by atoms with Crippen molar-refractivity contribution >= 4 is 39.1 Å². The molecule has 0 unspecified atom stereocenters. The summed E-state index contributed by atoms with van der Waals surface area (Å²) in [5, 5.41) is 2.71. The number of para-hydroxylation sites is 1. The van der Waals surface area contributed by atoms with Crippen LogP contribution < -0.4 is 9.62 Å². The van der Waals surface area contributed by atoms with E-state index in [9.17, 15) is 17.6 Å². The molecule has 8 heteroatoms. The Bertz CT molecular complexity index is 1380. The lowest BCUT2D eigenvalue weighted by Crippen LogP contribution is -2.38. The van der Waals surface area contributed by atoms with Crippen molar-refractivity contribution in [1.82, 2.24) is 0 Å². The van der Waals surface area contributed by atoms with Gasteiger partial charge >= 0.3 is 0 Å². The van der Waals surface area contributed by atoms with Gasteiger partial charge in [-0.1, -0.05) is 60.7 Å². The Morgan fingerprint density at radius 1 is 0.800 bits per heavy atom. The third kappa shape index (κ3) is 6.29. The molecule has 5 nitrogen and oxygen atoms in total. The third-order valence-electron chi connectivity index (χ3n) is 5.13. The lowest BCUT2D eigenvalue weighted by Gasteiger charge is -2.24. The van der Waals surface area contributed by atoms with E-state index in [0.29, 0.717) is 5.69 Å². The minimum Gasteiger partial charge on any atom is -0.325 e. The Morgan fingerprint density at radius 3 is 2.06 bits per heavy atom. The quantitative estimate of drug-likeness (QED) is 0.285. The van der Waals surface area contributed by atoms with Crippen molar-refractivity contribution in [2.45, 2.75) is 15.5 Å². The normalized spacial score (nSPS) is 11.1. The molecule has 178 valence electrons. The van der Waals surface area contributed by atoms with Crippen LogP contribution in [0, 0.1) is 5.82 Å². The number of thioether (sulfide) groups is 1. The van der Waals surface area contributed by atoms with Crippen LogP contribution in [-0.4, -0.2) is 20.9 Å². The smallest absolute Gasteiger partial charge is 0.264 e. The topological polar surface area (TPSA) is 66.5 Å². The standard InChI is InChI=1S/C27H23FN2O3S2/c28-25-13-7-8-14-26(25)30(35(32,33)24-11-5-2-6-12-24)19-27(31)29-22-17-15-21(16-18-22)20-34-23-9-3-1-4-10-23/h1-18H,19-20H2,(H,29,31). The first-order chi connectivity index (χ1) is 16.9. The summed E-state index contributed by atoms with van der Waals surface area (Å²) >= 11 is 1.71. The summed E-state index contributed by atoms with van der Waals surface area (Å²) in [7, 11) is -4.17. The van der Waals surface area contributed by atoms with Gasteiger partial charge in [0.2, 0.25) is 5.91 Å². The van der Waals surface area contributed by atoms with E-state index >= 15 is 0 Å². The van der Waals surface area contributed by atoms with E-state index in [1.54, 1.807) is 42.1 Å². The summed E-state index contributed by atoms with van der Waals surface area (Å²) in [6, 6.07) is 30.5. The number of carbonyl (C=O) groups is 1. The van der Waals surface area contributed by atoms with Crippen LogP contribution in [0.1, 0.15) is 5.56 Å². The van der Waals surface area contributed by atoms with Crippen LogP contribution in [0.5, 0.6) is 0 Å². The highest BCUT2D eigenvalue weighted by Crippen LogP contribution is 2.27. The van der Waals surface area contributed by atoms with Crippen LogP contribution >= 0.6 is 11.8 Å². The fourth-order valence-corrected chi connectivity index (χ4v) is 5.70. The van der Waals surface area contributed by atoms with Crippen LogP contribution in [0.15, 0.2) is 119 Å². The summed E-state index contributed by atoms with van der Waals surface area (Å²) in [6.07, 6.45) is 0. The molecular formula is C27H23FN2O3S2. The number of hydrogen-bond acceptors (Lipinski definition) is 4. The molecule has 1 amide bonds. The molecule has 0 aliphatic rings. The van der Waals surface area contributed by atoms with Crippen molar-refractivity contribution in [3.8, 4) is 0 Å². The number of benzene rings is 4. The average molecular weight is 507 g/mol. The zero-order valence-corrected chi connectivity index (χ0v) is 20.3. The number of anilines is 2. The molecule has 4 aromatic carbocycles. The Morgan fingerprint density at radius 2 is 1.40 bits per heavy atom. The highest BCUT2D eigenvalue weighted by Gasteiger charge is 2.29. The van der Waals surface area contributed by atoms with E-state index < -0.39 is 28.3 Å². The maximum atomic E-state index is 14.6. The highest BCUT2D eigenvalue weighted by atomic mass is 32.2. The Balaban J connectivity index is 1.48. The molecule has 0 spiro atoms. The van der Waals surface area contributed by atoms with Gasteiger partial charge in [-0.2, -0.15) is 0 Å². The summed E-state index contributed by atoms with van der Waals surface area (Å²) in [6.45, 7) is -0.580. The van der Waals surface area contributed by atoms with Crippen molar-refractivity contribution in [1.29, 1.82) is 0 Å². The fraction of sp³-hybridized carbons (Fsp3) is 0.0741. The molecule has 1 N–H and O–H groups in total. The third-order valence-corrected chi connectivity index (χ3v) is 7.98. The Hall–Kier alpha value is -3.62. The van der Waals surface area contributed by atoms with Gasteiger partial charge in [-0.05, 0) is 54.1 Å². The van der Waals surface area contributed by atoms with Gasteiger partial charge in [-0.15, -0.1) is 11.8 Å². The molecule has 0 fully saturated rings. The monoisotopic (exact) mass is 506 g/mol. The van der Waals surface area contributed by atoms with E-state index in [0.717, 1.165) is 26.6 Å². The number of hydrogen-bond donors (Lipinski definition) is 1. The lowest BCUT2D eigenvalue weighted by atomic mass is 10.2. The summed E-state index contributed by atoms with van der Waals surface area (Å²) < 4.78 is 41.9. The minimum atomic E-state index is -4.17. The van der Waals surface area contributed by atoms with Gasteiger partial charge in [0.05, 0.1) is 10.6 Å². The van der Waals surface area contributed by atoms with Crippen molar-refractivity contribution < 1.29 is 17.6 Å². The molecule has 0 aromatic heterocycles. The second-order valence-corrected chi connectivity index (χ2v) is 10.5. The van der Waals surface area contributed by atoms with Gasteiger partial charge in [0.15, 0.2) is 0 Å². The zero-order chi connectivity index (χ0) is 24.7. The Kier molecular flexibility index (Phi) is 7.84. The van der Waals surface area contributed by atoms with Gasteiger partial charge in [0.1, 0.15) is 12.4 Å². The van der Waals surface area contributed by atoms with Crippen molar-refractivity contribution in [2.75, 3.05) is 16.2 Å². The molecule has 0 radical (unpaired) electrons. The predicted octanol–water partition coefficient (Wildman–Crippen LogP) is 5.95. The fourth-order valence-electron chi connectivity index (χ4n) is 3.37. The van der Waals surface area contributed by atoms with E-state index in [2.05, 4.69) is 5.32 Å². The van der Waals surface area contributed by atoms with E-state index in [1.165, 1.54) is 30.3 Å². The summed E-state index contributed by atoms with van der Waals surface area (Å²) in [5.41, 5.74) is 1.41. The SMILES string of the molecule is O=C(CN(c1ccccc1F)S(=O)(=O)c1ccccc1)Nc1ccc(CSc2ccccc2)cc1. The largest absolute Gasteiger partial charge is 0.325 e. The number of sulfonamides is 1. The number of halogens is 1. The molecule has 0 atom stereocenters. The van der Waals surface area contributed by atoms with E-state index in [-0.39, 0.29) is 10.6 Å². The molecule has 0 aliphatic carbocycles. The molecule has 4 rings (SSSR count). The number of nitrogens with one attached hydrogen (secondary N) is 1. The van der Waals surface area contributed by atoms with Gasteiger partial charge in [0, 0.05) is 16.3 Å². The maximum Gasteiger partial charge on any atom is 0.264 e. The first-order valence-corrected chi connectivity index (χ1v) is 13.2.